The van der Waals surface area contributed by atoms with Gasteiger partial charge in [0.2, 0.25) is 11.5 Å². The van der Waals surface area contributed by atoms with Crippen LogP contribution in [0.5, 0.6) is 0 Å². The Morgan fingerprint density at radius 2 is 2.24 bits per heavy atom. The van der Waals surface area contributed by atoms with Gasteiger partial charge in [0, 0.05) is 6.54 Å². The largest absolute Gasteiger partial charge is 0.468 e. The van der Waals surface area contributed by atoms with E-state index < -0.39 is 5.91 Å². The van der Waals surface area contributed by atoms with E-state index in [0.717, 1.165) is 31.7 Å². The number of nitrogens with two attached hydrogens (primary N) is 1. The number of carbonyl (C=O) groups excluding carboxylic acids is 1. The Labute approximate surface area is 121 Å². The molecule has 21 heavy (non-hydrogen) atoms. The van der Waals surface area contributed by atoms with E-state index in [2.05, 4.69) is 25.2 Å². The summed E-state index contributed by atoms with van der Waals surface area (Å²) >= 11 is 0. The second-order valence-electron chi connectivity index (χ2n) is 4.98. The van der Waals surface area contributed by atoms with E-state index in [1.807, 2.05) is 12.1 Å². The minimum Gasteiger partial charge on any atom is -0.468 e. The van der Waals surface area contributed by atoms with Crippen LogP contribution in [-0.2, 0) is 0 Å². The Hall–Kier alpha value is -2.35. The van der Waals surface area contributed by atoms with Crippen LogP contribution in [-0.4, -0.2) is 40.8 Å². The Kier molecular flexibility index (Phi) is 3.87. The molecule has 1 aliphatic rings. The van der Waals surface area contributed by atoms with Gasteiger partial charge in [-0.1, -0.05) is 0 Å². The molecule has 2 aromatic rings. The van der Waals surface area contributed by atoms with Crippen LogP contribution in [0, 0.1) is 0 Å². The van der Waals surface area contributed by atoms with Crippen molar-refractivity contribution in [3.8, 4) is 0 Å². The first kappa shape index (κ1) is 13.6. The first-order valence-corrected chi connectivity index (χ1v) is 6.89. The molecule has 0 bridgehead atoms. The zero-order valence-electron chi connectivity index (χ0n) is 11.5. The first-order chi connectivity index (χ1) is 10.3. The van der Waals surface area contributed by atoms with Gasteiger partial charge in [-0.25, -0.2) is 4.63 Å². The SMILES string of the molecule is Nc1nonc1C(=O)NC[C@H](c1ccco1)N1CCCC1. The molecule has 0 aromatic carbocycles. The molecule has 0 saturated carbocycles. The number of aromatic nitrogens is 2. The van der Waals surface area contributed by atoms with Crippen LogP contribution >= 0.6 is 0 Å². The van der Waals surface area contributed by atoms with E-state index in [1.165, 1.54) is 0 Å². The van der Waals surface area contributed by atoms with E-state index >= 15 is 0 Å². The standard InChI is InChI=1S/C13H17N5O3/c14-12-11(16-21-17-12)13(19)15-8-9(10-4-3-7-20-10)18-5-1-2-6-18/h3-4,7,9H,1-2,5-6,8H2,(H2,14,17)(H,15,19)/t9-/m1/s1. The highest BCUT2D eigenvalue weighted by Gasteiger charge is 2.27. The zero-order chi connectivity index (χ0) is 14.7. The molecule has 3 N–H and O–H groups in total. The molecule has 8 nitrogen and oxygen atoms in total. The first-order valence-electron chi connectivity index (χ1n) is 6.89. The van der Waals surface area contributed by atoms with Crippen molar-refractivity contribution in [3.63, 3.8) is 0 Å². The summed E-state index contributed by atoms with van der Waals surface area (Å²) in [6.45, 7) is 2.41. The number of hydrogen-bond donors (Lipinski definition) is 2. The molecule has 3 heterocycles. The number of hydrogen-bond acceptors (Lipinski definition) is 7. The van der Waals surface area contributed by atoms with Crippen molar-refractivity contribution in [1.82, 2.24) is 20.5 Å². The van der Waals surface area contributed by atoms with Crippen LogP contribution in [0.1, 0.15) is 35.1 Å². The molecule has 1 fully saturated rings. The minimum absolute atomic E-state index is 0.00698. The predicted octanol–water partition coefficient (Wildman–Crippen LogP) is 0.812. The molecule has 0 spiro atoms. The molecule has 1 saturated heterocycles. The molecule has 0 unspecified atom stereocenters. The number of amides is 1. The van der Waals surface area contributed by atoms with E-state index in [-0.39, 0.29) is 17.6 Å². The summed E-state index contributed by atoms with van der Waals surface area (Å²) in [6.07, 6.45) is 3.95. The lowest BCUT2D eigenvalue weighted by atomic mass is 10.2. The van der Waals surface area contributed by atoms with Gasteiger partial charge >= 0.3 is 0 Å². The fourth-order valence-corrected chi connectivity index (χ4v) is 2.57. The lowest BCUT2D eigenvalue weighted by molar-refractivity contribution is 0.0924. The van der Waals surface area contributed by atoms with E-state index in [4.69, 9.17) is 10.2 Å². The van der Waals surface area contributed by atoms with E-state index in [0.29, 0.717) is 6.54 Å². The fraction of sp³-hybridized carbons (Fsp3) is 0.462. The topological polar surface area (TPSA) is 110 Å². The normalized spacial score (nSPS) is 17.0. The minimum atomic E-state index is -0.399. The molecule has 2 aromatic heterocycles. The summed E-state index contributed by atoms with van der Waals surface area (Å²) in [5.41, 5.74) is 5.52. The summed E-state index contributed by atoms with van der Waals surface area (Å²) in [7, 11) is 0. The van der Waals surface area contributed by atoms with Crippen molar-refractivity contribution >= 4 is 11.7 Å². The van der Waals surface area contributed by atoms with Crippen molar-refractivity contribution in [3.05, 3.63) is 29.9 Å². The Balaban J connectivity index is 1.67. The second kappa shape index (κ2) is 5.96. The highest BCUT2D eigenvalue weighted by molar-refractivity contribution is 5.95. The highest BCUT2D eigenvalue weighted by atomic mass is 16.6. The Morgan fingerprint density at radius 1 is 1.43 bits per heavy atom. The molecule has 0 radical (unpaired) electrons. The van der Waals surface area contributed by atoms with Crippen molar-refractivity contribution in [2.45, 2.75) is 18.9 Å². The number of nitrogens with one attached hydrogen (secondary N) is 1. The Bertz CT molecular complexity index is 589. The summed E-state index contributed by atoms with van der Waals surface area (Å²) in [6, 6.07) is 3.77. The van der Waals surface area contributed by atoms with Crippen LogP contribution < -0.4 is 11.1 Å². The molecule has 8 heteroatoms. The third-order valence-corrected chi connectivity index (χ3v) is 3.64. The average molecular weight is 291 g/mol. The Morgan fingerprint density at radius 3 is 2.86 bits per heavy atom. The van der Waals surface area contributed by atoms with E-state index in [9.17, 15) is 4.79 Å². The lowest BCUT2D eigenvalue weighted by Gasteiger charge is -2.25. The van der Waals surface area contributed by atoms with Crippen LogP contribution in [0.2, 0.25) is 0 Å². The zero-order valence-corrected chi connectivity index (χ0v) is 11.5. The van der Waals surface area contributed by atoms with Gasteiger partial charge in [-0.3, -0.25) is 9.69 Å². The summed E-state index contributed by atoms with van der Waals surface area (Å²) in [5.74, 6) is 0.427. The fourth-order valence-electron chi connectivity index (χ4n) is 2.57. The molecule has 0 aliphatic carbocycles. The van der Waals surface area contributed by atoms with Crippen LogP contribution in [0.3, 0.4) is 0 Å². The lowest BCUT2D eigenvalue weighted by Crippen LogP contribution is -2.37. The number of nitrogens with zero attached hydrogens (tertiary/aromatic N) is 3. The van der Waals surface area contributed by atoms with Crippen LogP contribution in [0.25, 0.3) is 0 Å². The van der Waals surface area contributed by atoms with Crippen LogP contribution in [0.4, 0.5) is 5.82 Å². The summed E-state index contributed by atoms with van der Waals surface area (Å²) in [5, 5.41) is 9.70. The molecule has 112 valence electrons. The second-order valence-corrected chi connectivity index (χ2v) is 4.98. The quantitative estimate of drug-likeness (QED) is 0.838. The molecule has 1 atom stereocenters. The number of carbonyl (C=O) groups is 1. The third-order valence-electron chi connectivity index (χ3n) is 3.64. The van der Waals surface area contributed by atoms with Crippen molar-refractivity contribution in [2.24, 2.45) is 0 Å². The number of likely N-dealkylation sites (tertiary alicyclic amines) is 1. The van der Waals surface area contributed by atoms with E-state index in [1.54, 1.807) is 6.26 Å². The van der Waals surface area contributed by atoms with Gasteiger partial charge in [0.1, 0.15) is 5.76 Å². The number of nitrogen functional groups attached to an aromatic ring is 1. The smallest absolute Gasteiger partial charge is 0.277 e. The average Bonchev–Trinajstić information content (AvgIpc) is 3.21. The third kappa shape index (κ3) is 2.89. The monoisotopic (exact) mass is 291 g/mol. The maximum absolute atomic E-state index is 12.0. The molecule has 1 aliphatic heterocycles. The van der Waals surface area contributed by atoms with Gasteiger partial charge in [-0.05, 0) is 48.4 Å². The van der Waals surface area contributed by atoms with Gasteiger partial charge < -0.3 is 15.5 Å². The molecule has 1 amide bonds. The predicted molar refractivity (Wildman–Crippen MR) is 73.3 cm³/mol. The van der Waals surface area contributed by atoms with Crippen molar-refractivity contribution in [2.75, 3.05) is 25.4 Å². The number of anilines is 1. The van der Waals surface area contributed by atoms with Crippen molar-refractivity contribution in [1.29, 1.82) is 0 Å². The number of rotatable bonds is 5. The highest BCUT2D eigenvalue weighted by Crippen LogP contribution is 2.25. The van der Waals surface area contributed by atoms with Gasteiger partial charge in [-0.15, -0.1) is 0 Å². The molecular weight excluding hydrogens is 274 g/mol. The molecular formula is C13H17N5O3. The molecule has 3 rings (SSSR count). The van der Waals surface area contributed by atoms with Gasteiger partial charge in [0.15, 0.2) is 0 Å². The van der Waals surface area contributed by atoms with Crippen molar-refractivity contribution < 1.29 is 13.8 Å². The van der Waals surface area contributed by atoms with Gasteiger partial charge in [0.05, 0.1) is 12.3 Å². The summed E-state index contributed by atoms with van der Waals surface area (Å²) < 4.78 is 9.92. The maximum Gasteiger partial charge on any atom is 0.277 e. The van der Waals surface area contributed by atoms with Gasteiger partial charge in [-0.2, -0.15) is 0 Å². The van der Waals surface area contributed by atoms with Crippen LogP contribution in [0.15, 0.2) is 27.4 Å². The maximum atomic E-state index is 12.0. The summed E-state index contributed by atoms with van der Waals surface area (Å²) in [4.78, 5) is 14.3. The number of furan rings is 1. The van der Waals surface area contributed by atoms with Gasteiger partial charge in [0.25, 0.3) is 5.91 Å².